The van der Waals surface area contributed by atoms with E-state index in [9.17, 15) is 0 Å². The quantitative estimate of drug-likeness (QED) is 0.695. The van der Waals surface area contributed by atoms with E-state index in [1.165, 1.54) is 11.1 Å². The Balaban J connectivity index is 2.35. The second-order valence-corrected chi connectivity index (χ2v) is 5.06. The molecule has 0 fully saturated rings. The van der Waals surface area contributed by atoms with E-state index < -0.39 is 0 Å². The molecule has 2 aromatic heterocycles. The van der Waals surface area contributed by atoms with Crippen LogP contribution in [-0.2, 0) is 6.54 Å². The summed E-state index contributed by atoms with van der Waals surface area (Å²) in [7, 11) is 1.85. The van der Waals surface area contributed by atoms with Crippen LogP contribution in [0.3, 0.4) is 0 Å². The molecule has 0 aliphatic heterocycles. The molecule has 0 saturated heterocycles. The van der Waals surface area contributed by atoms with Crippen LogP contribution in [0, 0.1) is 13.8 Å². The number of hydrogen-bond donors (Lipinski definition) is 2. The number of nitrogens with two attached hydrogens (primary N) is 1. The van der Waals surface area contributed by atoms with Crippen molar-refractivity contribution in [1.29, 1.82) is 0 Å². The summed E-state index contributed by atoms with van der Waals surface area (Å²) in [5.41, 5.74) is 10.0. The third-order valence-corrected chi connectivity index (χ3v) is 3.36. The minimum Gasteiger partial charge on any atom is -0.383 e. The lowest BCUT2D eigenvalue weighted by atomic mass is 10.1. The van der Waals surface area contributed by atoms with Crippen LogP contribution >= 0.6 is 0 Å². The first kappa shape index (κ1) is 12.7. The maximum absolute atomic E-state index is 6.04. The Bertz CT molecular complexity index is 810. The van der Waals surface area contributed by atoms with E-state index in [2.05, 4.69) is 46.2 Å². The van der Waals surface area contributed by atoms with Crippen molar-refractivity contribution in [3.8, 4) is 0 Å². The molecule has 20 heavy (non-hydrogen) atoms. The Labute approximate surface area is 117 Å². The molecular weight excluding hydrogens is 250 g/mol. The van der Waals surface area contributed by atoms with Gasteiger partial charge in [-0.3, -0.25) is 0 Å². The first-order valence-electron chi connectivity index (χ1n) is 6.57. The van der Waals surface area contributed by atoms with Crippen molar-refractivity contribution in [2.75, 3.05) is 12.8 Å². The van der Waals surface area contributed by atoms with E-state index in [4.69, 9.17) is 5.73 Å². The number of fused-ring (bicyclic) bond motifs is 2. The topological polar surface area (TPSA) is 76.7 Å². The van der Waals surface area contributed by atoms with Crippen LogP contribution in [-0.4, -0.2) is 22.0 Å². The van der Waals surface area contributed by atoms with Crippen LogP contribution in [0.15, 0.2) is 18.2 Å². The fourth-order valence-corrected chi connectivity index (χ4v) is 2.48. The SMILES string of the molecule is CNCc1nc(N)c2cc3c(C)cc(C)cc3nc2n1. The molecule has 0 spiro atoms. The van der Waals surface area contributed by atoms with Gasteiger partial charge in [-0.2, -0.15) is 0 Å². The van der Waals surface area contributed by atoms with Crippen molar-refractivity contribution >= 4 is 27.8 Å². The molecule has 3 N–H and O–H groups in total. The summed E-state index contributed by atoms with van der Waals surface area (Å²) >= 11 is 0. The molecule has 5 nitrogen and oxygen atoms in total. The Morgan fingerprint density at radius 1 is 1.05 bits per heavy atom. The highest BCUT2D eigenvalue weighted by Gasteiger charge is 2.09. The maximum atomic E-state index is 6.04. The zero-order chi connectivity index (χ0) is 14.3. The number of anilines is 1. The van der Waals surface area contributed by atoms with Gasteiger partial charge >= 0.3 is 0 Å². The number of benzene rings is 1. The maximum Gasteiger partial charge on any atom is 0.165 e. The lowest BCUT2D eigenvalue weighted by Gasteiger charge is -2.08. The van der Waals surface area contributed by atoms with Gasteiger partial charge in [0, 0.05) is 5.39 Å². The minimum absolute atomic E-state index is 0.481. The predicted octanol–water partition coefficient (Wildman–Crippen LogP) is 2.10. The number of pyridine rings is 1. The highest BCUT2D eigenvalue weighted by molar-refractivity contribution is 5.97. The molecule has 0 saturated carbocycles. The van der Waals surface area contributed by atoms with E-state index in [0.29, 0.717) is 23.8 Å². The summed E-state index contributed by atoms with van der Waals surface area (Å²) in [6.07, 6.45) is 0. The Morgan fingerprint density at radius 3 is 2.60 bits per heavy atom. The monoisotopic (exact) mass is 267 g/mol. The summed E-state index contributed by atoms with van der Waals surface area (Å²) in [5.74, 6) is 1.14. The van der Waals surface area contributed by atoms with Crippen LogP contribution in [0.25, 0.3) is 21.9 Å². The molecule has 0 radical (unpaired) electrons. The van der Waals surface area contributed by atoms with Gasteiger partial charge in [-0.25, -0.2) is 15.0 Å². The number of aryl methyl sites for hydroxylation is 2. The van der Waals surface area contributed by atoms with Gasteiger partial charge in [-0.1, -0.05) is 6.07 Å². The fraction of sp³-hybridized carbons (Fsp3) is 0.267. The molecule has 0 unspecified atom stereocenters. The summed E-state index contributed by atoms with van der Waals surface area (Å²) in [6, 6.07) is 6.24. The lowest BCUT2D eigenvalue weighted by molar-refractivity contribution is 0.765. The van der Waals surface area contributed by atoms with Gasteiger partial charge in [-0.15, -0.1) is 0 Å². The van der Waals surface area contributed by atoms with Crippen LogP contribution < -0.4 is 11.1 Å². The van der Waals surface area contributed by atoms with Gasteiger partial charge in [0.2, 0.25) is 0 Å². The molecule has 1 aromatic carbocycles. The molecule has 0 aliphatic rings. The third-order valence-electron chi connectivity index (χ3n) is 3.36. The average Bonchev–Trinajstić information content (AvgIpc) is 2.37. The second-order valence-electron chi connectivity index (χ2n) is 5.06. The summed E-state index contributed by atoms with van der Waals surface area (Å²) in [6.45, 7) is 4.72. The largest absolute Gasteiger partial charge is 0.383 e. The Hall–Kier alpha value is -2.27. The molecule has 0 amide bonds. The Kier molecular flexibility index (Phi) is 2.99. The molecule has 0 atom stereocenters. The summed E-state index contributed by atoms with van der Waals surface area (Å²) in [4.78, 5) is 13.4. The molecule has 102 valence electrons. The molecular formula is C15H17N5. The van der Waals surface area contributed by atoms with Crippen molar-refractivity contribution < 1.29 is 0 Å². The van der Waals surface area contributed by atoms with E-state index in [1.807, 2.05) is 13.1 Å². The van der Waals surface area contributed by atoms with Crippen molar-refractivity contribution in [3.05, 3.63) is 35.2 Å². The number of hydrogen-bond acceptors (Lipinski definition) is 5. The smallest absolute Gasteiger partial charge is 0.165 e. The highest BCUT2D eigenvalue weighted by Crippen LogP contribution is 2.25. The highest BCUT2D eigenvalue weighted by atomic mass is 15.0. The molecule has 0 bridgehead atoms. The number of nitrogens with one attached hydrogen (secondary N) is 1. The molecule has 3 rings (SSSR count). The minimum atomic E-state index is 0.481. The fourth-order valence-electron chi connectivity index (χ4n) is 2.48. The number of nitrogen functional groups attached to an aromatic ring is 1. The Morgan fingerprint density at radius 2 is 1.85 bits per heavy atom. The number of rotatable bonds is 2. The van der Waals surface area contributed by atoms with E-state index in [1.54, 1.807) is 0 Å². The van der Waals surface area contributed by atoms with Crippen LogP contribution in [0.2, 0.25) is 0 Å². The average molecular weight is 267 g/mol. The first-order chi connectivity index (χ1) is 9.58. The van der Waals surface area contributed by atoms with Gasteiger partial charge in [0.25, 0.3) is 0 Å². The molecule has 0 aliphatic carbocycles. The van der Waals surface area contributed by atoms with Gasteiger partial charge in [0.05, 0.1) is 17.4 Å². The molecule has 3 aromatic rings. The van der Waals surface area contributed by atoms with Crippen molar-refractivity contribution in [1.82, 2.24) is 20.3 Å². The predicted molar refractivity (Wildman–Crippen MR) is 81.5 cm³/mol. The lowest BCUT2D eigenvalue weighted by Crippen LogP contribution is -2.11. The van der Waals surface area contributed by atoms with Crippen molar-refractivity contribution in [3.63, 3.8) is 0 Å². The van der Waals surface area contributed by atoms with Crippen molar-refractivity contribution in [2.45, 2.75) is 20.4 Å². The van der Waals surface area contributed by atoms with Crippen LogP contribution in [0.5, 0.6) is 0 Å². The zero-order valence-electron chi connectivity index (χ0n) is 11.9. The third kappa shape index (κ3) is 2.06. The summed E-state index contributed by atoms with van der Waals surface area (Å²) < 4.78 is 0. The van der Waals surface area contributed by atoms with Crippen molar-refractivity contribution in [2.24, 2.45) is 0 Å². The van der Waals surface area contributed by atoms with Crippen LogP contribution in [0.4, 0.5) is 5.82 Å². The van der Waals surface area contributed by atoms with E-state index in [0.717, 1.165) is 16.3 Å². The number of nitrogens with zero attached hydrogens (tertiary/aromatic N) is 3. The van der Waals surface area contributed by atoms with Gasteiger partial charge in [0.15, 0.2) is 5.65 Å². The van der Waals surface area contributed by atoms with E-state index in [-0.39, 0.29) is 0 Å². The van der Waals surface area contributed by atoms with E-state index >= 15 is 0 Å². The molecule has 5 heteroatoms. The second kappa shape index (κ2) is 4.68. The standard InChI is InChI=1S/C15H17N5/c1-8-4-9(2)10-6-11-14(16)19-13(7-17-3)20-15(11)18-12(10)5-8/h4-6,17H,7H2,1-3H3,(H2,16,18,19,20). The molecule has 2 heterocycles. The zero-order valence-corrected chi connectivity index (χ0v) is 11.9. The number of aromatic nitrogens is 3. The first-order valence-corrected chi connectivity index (χ1v) is 6.57. The van der Waals surface area contributed by atoms with Gasteiger partial charge in [-0.05, 0) is 44.2 Å². The van der Waals surface area contributed by atoms with Gasteiger partial charge in [0.1, 0.15) is 11.6 Å². The summed E-state index contributed by atoms with van der Waals surface area (Å²) in [5, 5.41) is 4.93. The van der Waals surface area contributed by atoms with Crippen LogP contribution in [0.1, 0.15) is 17.0 Å². The van der Waals surface area contributed by atoms with Gasteiger partial charge < -0.3 is 11.1 Å². The normalized spacial score (nSPS) is 11.3.